The van der Waals surface area contributed by atoms with Crippen molar-refractivity contribution >= 4 is 11.9 Å². The number of aliphatic hydroxyl groups excluding tert-OH is 9. The van der Waals surface area contributed by atoms with Crippen molar-refractivity contribution < 1.29 is 98.5 Å². The Morgan fingerprint density at radius 1 is 0.714 bits per heavy atom. The monoisotopic (exact) mass is 1000 g/mol. The second-order valence-electron chi connectivity index (χ2n) is 24.2. The van der Waals surface area contributed by atoms with Crippen LogP contribution in [0.1, 0.15) is 120 Å². The van der Waals surface area contributed by atoms with Gasteiger partial charge in [-0.15, -0.1) is 0 Å². The van der Waals surface area contributed by atoms with E-state index in [2.05, 4.69) is 34.6 Å². The van der Waals surface area contributed by atoms with Gasteiger partial charge in [0, 0.05) is 13.8 Å². The quantitative estimate of drug-likeness (QED) is 0.0819. The van der Waals surface area contributed by atoms with Crippen LogP contribution in [0.25, 0.3) is 0 Å². The second-order valence-corrected chi connectivity index (χ2v) is 24.2. The molecule has 0 aromatic heterocycles. The largest absolute Gasteiger partial charge is 0.456 e. The molecule has 402 valence electrons. The Labute approximate surface area is 410 Å². The molecule has 2 spiro atoms. The summed E-state index contributed by atoms with van der Waals surface area (Å²) in [7, 11) is 0. The molecule has 0 bridgehead atoms. The van der Waals surface area contributed by atoms with Crippen molar-refractivity contribution in [3.63, 3.8) is 0 Å². The van der Waals surface area contributed by atoms with Crippen LogP contribution in [0.5, 0.6) is 0 Å². The Morgan fingerprint density at radius 3 is 2.01 bits per heavy atom. The van der Waals surface area contributed by atoms with Gasteiger partial charge in [0.05, 0.1) is 49.8 Å². The average Bonchev–Trinajstić information content (AvgIpc) is 3.87. The third-order valence-electron chi connectivity index (χ3n) is 19.6. The molecular weight excluding hydrogens is 921 g/mol. The molecule has 20 nitrogen and oxygen atoms in total. The molecular formula is C50H82O20. The van der Waals surface area contributed by atoms with E-state index in [1.807, 2.05) is 0 Å². The van der Waals surface area contributed by atoms with Crippen molar-refractivity contribution in [2.75, 3.05) is 19.8 Å². The molecule has 8 fully saturated rings. The lowest BCUT2D eigenvalue weighted by atomic mass is 9.41. The number of fused-ring (bicyclic) bond motifs is 2. The molecule has 70 heavy (non-hydrogen) atoms. The van der Waals surface area contributed by atoms with Gasteiger partial charge in [0.15, 0.2) is 37.2 Å². The molecule has 3 heterocycles. The van der Waals surface area contributed by atoms with Crippen LogP contribution < -0.4 is 0 Å². The third kappa shape index (κ3) is 8.99. The van der Waals surface area contributed by atoms with E-state index in [-0.39, 0.29) is 46.5 Å². The summed E-state index contributed by atoms with van der Waals surface area (Å²) in [5, 5.41) is 109. The number of aliphatic hydroxyl groups is 10. The number of carbonyl (C=O) groups excluding carboxylic acids is 2. The number of rotatable bonds is 14. The van der Waals surface area contributed by atoms with Crippen LogP contribution in [0.2, 0.25) is 0 Å². The molecule has 0 aromatic rings. The van der Waals surface area contributed by atoms with Crippen LogP contribution in [-0.4, -0.2) is 193 Å². The molecule has 8 aliphatic rings. The number of hydrogen-bond acceptors (Lipinski definition) is 20. The van der Waals surface area contributed by atoms with Crippen molar-refractivity contribution in [1.29, 1.82) is 0 Å². The lowest BCUT2D eigenvalue weighted by molar-refractivity contribution is -0.361. The molecule has 8 rings (SSSR count). The second kappa shape index (κ2) is 19.5. The van der Waals surface area contributed by atoms with Crippen LogP contribution in [0.4, 0.5) is 0 Å². The zero-order chi connectivity index (χ0) is 51.4. The molecule has 25 atom stereocenters. The molecule has 3 aliphatic heterocycles. The Morgan fingerprint density at radius 2 is 1.37 bits per heavy atom. The molecule has 5 aliphatic carbocycles. The first-order chi connectivity index (χ1) is 32.6. The molecule has 0 amide bonds. The SMILES string of the molecule is CC(=O)OC1COC(OC2CCC34CC35CCC3(C)C(C(C)CCC(O)C(C)(C)O)C(O)CC3(C)C5CC(OC3OC(CO)C(O)C(O)C3O)C4C2(C)C)C(OC2OCC(O)C(O)C2O)C1OC(C)=O. The predicted molar refractivity (Wildman–Crippen MR) is 241 cm³/mol. The summed E-state index contributed by atoms with van der Waals surface area (Å²) in [4.78, 5) is 25.0. The van der Waals surface area contributed by atoms with Crippen LogP contribution in [-0.2, 0) is 47.5 Å². The van der Waals surface area contributed by atoms with Gasteiger partial charge in [-0.2, -0.15) is 0 Å². The van der Waals surface area contributed by atoms with Gasteiger partial charge in [0.2, 0.25) is 0 Å². The number of ether oxygens (including phenoxy) is 8. The van der Waals surface area contributed by atoms with Gasteiger partial charge >= 0.3 is 11.9 Å². The summed E-state index contributed by atoms with van der Waals surface area (Å²) < 4.78 is 49.5. The Kier molecular flexibility index (Phi) is 15.2. The van der Waals surface area contributed by atoms with Gasteiger partial charge in [0.1, 0.15) is 42.7 Å². The van der Waals surface area contributed by atoms with Crippen molar-refractivity contribution in [2.45, 2.75) is 230 Å². The highest BCUT2D eigenvalue weighted by atomic mass is 16.8. The molecule has 5 saturated carbocycles. The maximum atomic E-state index is 12.6. The summed E-state index contributed by atoms with van der Waals surface area (Å²) >= 11 is 0. The Bertz CT molecular complexity index is 1880. The van der Waals surface area contributed by atoms with Crippen molar-refractivity contribution in [2.24, 2.45) is 50.7 Å². The zero-order valence-corrected chi connectivity index (χ0v) is 42.2. The fourth-order valence-electron chi connectivity index (χ4n) is 16.0. The maximum Gasteiger partial charge on any atom is 0.303 e. The van der Waals surface area contributed by atoms with E-state index in [0.717, 1.165) is 19.3 Å². The maximum absolute atomic E-state index is 12.6. The molecule has 25 unspecified atom stereocenters. The van der Waals surface area contributed by atoms with Crippen LogP contribution >= 0.6 is 0 Å². The van der Waals surface area contributed by atoms with Crippen molar-refractivity contribution in [1.82, 2.24) is 0 Å². The number of esters is 2. The first kappa shape index (κ1) is 54.6. The van der Waals surface area contributed by atoms with Crippen LogP contribution in [0.3, 0.4) is 0 Å². The Hall–Kier alpha value is -1.70. The zero-order valence-electron chi connectivity index (χ0n) is 42.2. The third-order valence-corrected chi connectivity index (χ3v) is 19.6. The normalized spacial score (nSPS) is 50.6. The van der Waals surface area contributed by atoms with E-state index in [9.17, 15) is 60.7 Å². The van der Waals surface area contributed by atoms with Gasteiger partial charge in [-0.3, -0.25) is 9.59 Å². The minimum absolute atomic E-state index is 0.0184. The topological polar surface area (TPSA) is 310 Å². The van der Waals surface area contributed by atoms with Gasteiger partial charge in [-0.1, -0.05) is 34.6 Å². The minimum atomic E-state index is -1.74. The molecule has 0 radical (unpaired) electrons. The first-order valence-corrected chi connectivity index (χ1v) is 25.6. The molecule has 20 heteroatoms. The first-order valence-electron chi connectivity index (χ1n) is 25.6. The van der Waals surface area contributed by atoms with E-state index in [0.29, 0.717) is 38.5 Å². The standard InChI is InChI=1S/C50H82O20/c1-22(10-11-31(56)46(6,7)62)33-25(54)17-48(9)30-16-27(67-43-38(61)36(59)35(58)28(18-51)68-43)41-45(4,5)32(12-13-50(41)21-49(30,50)15-14-47(33,48)8)69-44-40(70-42-37(60)34(57)26(55)19-63-42)39(66-24(3)53)29(20-64-44)65-23(2)52/h22,25-44,51,54-62H,10-21H2,1-9H3. The highest BCUT2D eigenvalue weighted by Crippen LogP contribution is 2.89. The van der Waals surface area contributed by atoms with E-state index in [1.165, 1.54) is 13.8 Å². The van der Waals surface area contributed by atoms with Gasteiger partial charge in [-0.25, -0.2) is 0 Å². The number of carbonyl (C=O) groups is 2. The fraction of sp³-hybridized carbons (Fsp3) is 0.960. The summed E-state index contributed by atoms with van der Waals surface area (Å²) in [6, 6.07) is 0. The number of hydrogen-bond donors (Lipinski definition) is 10. The minimum Gasteiger partial charge on any atom is -0.456 e. The van der Waals surface area contributed by atoms with E-state index >= 15 is 0 Å². The van der Waals surface area contributed by atoms with Gasteiger partial charge in [0.25, 0.3) is 0 Å². The lowest BCUT2D eigenvalue weighted by Crippen LogP contribution is -2.65. The van der Waals surface area contributed by atoms with Gasteiger partial charge in [-0.05, 0) is 122 Å². The van der Waals surface area contributed by atoms with Crippen molar-refractivity contribution in [3.8, 4) is 0 Å². The molecule has 0 aromatic carbocycles. The van der Waals surface area contributed by atoms with Crippen molar-refractivity contribution in [3.05, 3.63) is 0 Å². The predicted octanol–water partition coefficient (Wildman–Crippen LogP) is 0.169. The van der Waals surface area contributed by atoms with Crippen LogP contribution in [0.15, 0.2) is 0 Å². The summed E-state index contributed by atoms with van der Waals surface area (Å²) in [5.41, 5.74) is -3.31. The lowest BCUT2D eigenvalue weighted by Gasteiger charge is -2.65. The summed E-state index contributed by atoms with van der Waals surface area (Å²) in [6.07, 6.45) is -16.3. The van der Waals surface area contributed by atoms with E-state index in [1.54, 1.807) is 13.8 Å². The fourth-order valence-corrected chi connectivity index (χ4v) is 16.0. The molecule has 10 N–H and O–H groups in total. The Balaban J connectivity index is 1.13. The van der Waals surface area contributed by atoms with E-state index < -0.39 is 146 Å². The summed E-state index contributed by atoms with van der Waals surface area (Å²) in [6.45, 7) is 15.1. The highest BCUT2D eigenvalue weighted by molar-refractivity contribution is 5.67. The van der Waals surface area contributed by atoms with Crippen LogP contribution in [0, 0.1) is 50.7 Å². The van der Waals surface area contributed by atoms with Gasteiger partial charge < -0.3 is 89.0 Å². The average molecular weight is 1000 g/mol. The smallest absolute Gasteiger partial charge is 0.303 e. The highest BCUT2D eigenvalue weighted by Gasteiger charge is 2.85. The molecule has 3 saturated heterocycles. The summed E-state index contributed by atoms with van der Waals surface area (Å²) in [5.74, 6) is -1.79. The van der Waals surface area contributed by atoms with E-state index in [4.69, 9.17) is 37.9 Å².